The lowest BCUT2D eigenvalue weighted by molar-refractivity contribution is 0.768. The van der Waals surface area contributed by atoms with Crippen LogP contribution in [0.4, 0.5) is 0 Å². The molecule has 2 heterocycles. The van der Waals surface area contributed by atoms with Crippen LogP contribution in [0.5, 0.6) is 0 Å². The molecule has 0 bridgehead atoms. The monoisotopic (exact) mass is 813 g/mol. The molecule has 4 heteroatoms. The van der Waals surface area contributed by atoms with E-state index in [1.165, 1.54) is 0 Å². The molecule has 0 fully saturated rings. The Bertz CT molecular complexity index is 3770. The Balaban J connectivity index is 1.13. The summed E-state index contributed by atoms with van der Waals surface area (Å²) >= 11 is 1.13. The van der Waals surface area contributed by atoms with Crippen LogP contribution in [0.2, 0.25) is 0 Å². The summed E-state index contributed by atoms with van der Waals surface area (Å²) in [5.41, 5.74) is 10.5. The highest BCUT2D eigenvalue weighted by Gasteiger charge is 2.46. The summed E-state index contributed by atoms with van der Waals surface area (Å²) in [5, 5.41) is 0.723. The van der Waals surface area contributed by atoms with Crippen molar-refractivity contribution in [3.05, 3.63) is 247 Å². The molecule has 0 atom stereocenters. The summed E-state index contributed by atoms with van der Waals surface area (Å²) in [7, 11) is 0. The maximum absolute atomic E-state index is 9.87. The normalized spacial score (nSPS) is 14.0. The molecule has 2 aromatic heterocycles. The van der Waals surface area contributed by atoms with Crippen molar-refractivity contribution in [3.63, 3.8) is 0 Å². The molecule has 0 amide bonds. The minimum Gasteiger partial charge on any atom is -0.208 e. The van der Waals surface area contributed by atoms with E-state index in [2.05, 4.69) is 84.9 Å². The number of hydrogen-bond donors (Lipinski definition) is 0. The van der Waals surface area contributed by atoms with Crippen LogP contribution in [0.1, 0.15) is 30.5 Å². The zero-order chi connectivity index (χ0) is 46.3. The number of hydrogen-bond acceptors (Lipinski definition) is 4. The average Bonchev–Trinajstić information content (AvgIpc) is 3.94. The second kappa shape index (κ2) is 14.7. The van der Waals surface area contributed by atoms with E-state index < -0.39 is 5.41 Å². The van der Waals surface area contributed by atoms with Crippen LogP contribution < -0.4 is 0 Å². The zero-order valence-electron chi connectivity index (χ0n) is 39.1. The number of nitrogens with zero attached hydrogens (tertiary/aromatic N) is 3. The van der Waals surface area contributed by atoms with Crippen LogP contribution in [0.15, 0.2) is 224 Å². The molecule has 0 aliphatic heterocycles. The topological polar surface area (TPSA) is 38.7 Å². The molecule has 0 spiro atoms. The molecule has 12 rings (SSSR count). The molecule has 0 radical (unpaired) electrons. The first-order valence-corrected chi connectivity index (χ1v) is 21.3. The van der Waals surface area contributed by atoms with Gasteiger partial charge in [0.2, 0.25) is 0 Å². The first-order chi connectivity index (χ1) is 33.2. The molecule has 1 aliphatic carbocycles. The quantitative estimate of drug-likeness (QED) is 0.161. The Labute approximate surface area is 372 Å². The molecule has 9 aromatic carbocycles. The van der Waals surface area contributed by atoms with Gasteiger partial charge in [-0.15, -0.1) is 11.3 Å². The van der Waals surface area contributed by atoms with Crippen molar-refractivity contribution in [2.45, 2.75) is 5.41 Å². The van der Waals surface area contributed by atoms with E-state index in [-0.39, 0.29) is 47.6 Å². The Morgan fingerprint density at radius 2 is 0.952 bits per heavy atom. The van der Waals surface area contributed by atoms with Crippen molar-refractivity contribution in [2.24, 2.45) is 0 Å². The fourth-order valence-corrected chi connectivity index (χ4v) is 10.2. The highest BCUT2D eigenvalue weighted by molar-refractivity contribution is 7.26. The fourth-order valence-electron chi connectivity index (χ4n) is 9.18. The van der Waals surface area contributed by atoms with E-state index in [1.807, 2.05) is 103 Å². The molecule has 0 saturated carbocycles. The zero-order valence-corrected chi connectivity index (χ0v) is 34.0. The van der Waals surface area contributed by atoms with Gasteiger partial charge in [0.15, 0.2) is 17.5 Å². The van der Waals surface area contributed by atoms with Crippen molar-refractivity contribution < 1.29 is 8.22 Å². The summed E-state index contributed by atoms with van der Waals surface area (Å²) < 4.78 is 56.7. The Morgan fingerprint density at radius 1 is 0.387 bits per heavy atom. The predicted molar refractivity (Wildman–Crippen MR) is 257 cm³/mol. The predicted octanol–water partition coefficient (Wildman–Crippen LogP) is 14.9. The van der Waals surface area contributed by atoms with Gasteiger partial charge in [0.1, 0.15) is 0 Å². The Morgan fingerprint density at radius 3 is 1.66 bits per heavy atom. The van der Waals surface area contributed by atoms with E-state index in [1.54, 1.807) is 0 Å². The summed E-state index contributed by atoms with van der Waals surface area (Å²) in [6, 6.07) is 62.2. The molecule has 1 aliphatic rings. The number of thiophene rings is 1. The number of benzene rings is 9. The highest BCUT2D eigenvalue weighted by Crippen LogP contribution is 2.56. The van der Waals surface area contributed by atoms with E-state index in [9.17, 15) is 4.11 Å². The molecule has 0 saturated heterocycles. The van der Waals surface area contributed by atoms with Gasteiger partial charge in [-0.05, 0) is 79.9 Å². The van der Waals surface area contributed by atoms with Gasteiger partial charge in [0, 0.05) is 36.9 Å². The van der Waals surface area contributed by atoms with Crippen molar-refractivity contribution in [2.75, 3.05) is 0 Å². The van der Waals surface area contributed by atoms with Gasteiger partial charge >= 0.3 is 0 Å². The van der Waals surface area contributed by atoms with Crippen molar-refractivity contribution in [3.8, 4) is 67.5 Å². The molecule has 11 aromatic rings. The lowest BCUT2D eigenvalue weighted by Crippen LogP contribution is -2.28. The van der Waals surface area contributed by atoms with Crippen molar-refractivity contribution >= 4 is 31.5 Å². The van der Waals surface area contributed by atoms with Gasteiger partial charge in [-0.3, -0.25) is 0 Å². The van der Waals surface area contributed by atoms with Crippen LogP contribution in [0, 0.1) is 0 Å². The third-order valence-corrected chi connectivity index (χ3v) is 13.0. The SMILES string of the molecule is [2H]c1c([2H])c(-c2ccccc2)c2c(sc3c([2H])c(-c4nc(-c5cccc(-c6ccccc6)c5)nc(-c5ccc6c(c5)C(c5ccccc5)(c5ccccc5)c5ccccc5-6)n4)c([2H])c([2H])c32)c1[2H]. The lowest BCUT2D eigenvalue weighted by atomic mass is 9.67. The van der Waals surface area contributed by atoms with E-state index >= 15 is 0 Å². The lowest BCUT2D eigenvalue weighted by Gasteiger charge is -2.34. The summed E-state index contributed by atoms with van der Waals surface area (Å²) in [6.45, 7) is 0. The third-order valence-electron chi connectivity index (χ3n) is 11.9. The molecule has 290 valence electrons. The third kappa shape index (κ3) is 5.83. The molecular weight excluding hydrogens is 771 g/mol. The largest absolute Gasteiger partial charge is 0.208 e. The molecule has 0 unspecified atom stereocenters. The maximum Gasteiger partial charge on any atom is 0.164 e. The molecule has 62 heavy (non-hydrogen) atoms. The first-order valence-electron chi connectivity index (χ1n) is 23.5. The minimum absolute atomic E-state index is 0.0552. The first kappa shape index (κ1) is 30.3. The number of aromatic nitrogens is 3. The van der Waals surface area contributed by atoms with Gasteiger partial charge in [-0.2, -0.15) is 0 Å². The molecular formula is C58H37N3S. The van der Waals surface area contributed by atoms with Gasteiger partial charge in [-0.25, -0.2) is 15.0 Å². The van der Waals surface area contributed by atoms with Crippen LogP contribution in [0.25, 0.3) is 87.7 Å². The number of rotatable bonds is 7. The minimum atomic E-state index is -0.685. The second-order valence-electron chi connectivity index (χ2n) is 15.4. The van der Waals surface area contributed by atoms with Crippen molar-refractivity contribution in [1.29, 1.82) is 0 Å². The Kier molecular flexibility index (Phi) is 7.19. The van der Waals surface area contributed by atoms with Crippen molar-refractivity contribution in [1.82, 2.24) is 15.0 Å². The number of fused-ring (bicyclic) bond motifs is 6. The van der Waals surface area contributed by atoms with E-state index in [0.29, 0.717) is 54.1 Å². The maximum atomic E-state index is 9.87. The van der Waals surface area contributed by atoms with Crippen LogP contribution in [0.3, 0.4) is 0 Å². The smallest absolute Gasteiger partial charge is 0.164 e. The van der Waals surface area contributed by atoms with E-state index in [0.717, 1.165) is 55.8 Å². The van der Waals surface area contributed by atoms with Crippen LogP contribution in [-0.4, -0.2) is 15.0 Å². The average molecular weight is 814 g/mol. The van der Waals surface area contributed by atoms with Gasteiger partial charge in [-0.1, -0.05) is 200 Å². The van der Waals surface area contributed by atoms with Gasteiger partial charge in [0.05, 0.1) is 13.6 Å². The van der Waals surface area contributed by atoms with Crippen LogP contribution >= 0.6 is 11.3 Å². The van der Waals surface area contributed by atoms with Gasteiger partial charge in [0.25, 0.3) is 0 Å². The molecule has 3 nitrogen and oxygen atoms in total. The summed E-state index contributed by atoms with van der Waals surface area (Å²) in [6.07, 6.45) is 0. The molecule has 0 N–H and O–H groups in total. The summed E-state index contributed by atoms with van der Waals surface area (Å²) in [5.74, 6) is 0.738. The van der Waals surface area contributed by atoms with E-state index in [4.69, 9.17) is 19.1 Å². The summed E-state index contributed by atoms with van der Waals surface area (Å²) in [4.78, 5) is 15.4. The van der Waals surface area contributed by atoms with Gasteiger partial charge < -0.3 is 0 Å². The standard InChI is InChI=1S/C58H37N3S/c1-5-17-38(18-6-1)40-21-15-22-41(35-40)55-59-56(61-57(60-55)43-32-34-49-53(37-43)62-52-30-16-28-46(54(49)52)39-19-7-2-8-20-39)42-31-33-48-47-27-13-14-29-50(47)58(51(48)36-42,44-23-9-3-10-24-44)45-25-11-4-12-26-45/h1-37H/i16D,28D,30D,32D,34D,37D. The second-order valence-corrected chi connectivity index (χ2v) is 16.4. The highest BCUT2D eigenvalue weighted by atomic mass is 32.1. The van der Waals surface area contributed by atoms with Crippen LogP contribution in [-0.2, 0) is 5.41 Å². The fraction of sp³-hybridized carbons (Fsp3) is 0.0172. The Hall–Kier alpha value is -7.79.